The number of fused-ring (bicyclic) bond motifs is 6. The number of carbonyl (C=O) groups excluding carboxylic acids is 3. The van der Waals surface area contributed by atoms with Crippen LogP contribution in [0.5, 0.6) is 11.5 Å². The van der Waals surface area contributed by atoms with Crippen molar-refractivity contribution in [3.63, 3.8) is 0 Å². The van der Waals surface area contributed by atoms with Crippen LogP contribution in [0.3, 0.4) is 0 Å². The third-order valence-electron chi connectivity index (χ3n) is 8.03. The minimum absolute atomic E-state index is 0.0929. The van der Waals surface area contributed by atoms with E-state index in [4.69, 9.17) is 9.47 Å². The molecule has 2 aliphatic rings. The Bertz CT molecular complexity index is 1740. The normalized spacial score (nSPS) is 19.5. The van der Waals surface area contributed by atoms with E-state index in [1.54, 1.807) is 34.7 Å². The van der Waals surface area contributed by atoms with E-state index in [0.29, 0.717) is 42.4 Å². The average Bonchev–Trinajstić information content (AvgIpc) is 3.49. The minimum Gasteiger partial charge on any atom is -0.457 e. The van der Waals surface area contributed by atoms with Crippen LogP contribution in [0.25, 0.3) is 5.78 Å². The van der Waals surface area contributed by atoms with Gasteiger partial charge in [0.25, 0.3) is 17.6 Å². The van der Waals surface area contributed by atoms with Gasteiger partial charge < -0.3 is 24.6 Å². The Morgan fingerprint density at radius 2 is 1.95 bits per heavy atom. The van der Waals surface area contributed by atoms with Gasteiger partial charge in [0.15, 0.2) is 0 Å². The van der Waals surface area contributed by atoms with Gasteiger partial charge in [-0.05, 0) is 60.7 Å². The zero-order valence-corrected chi connectivity index (χ0v) is 25.2. The first kappa shape index (κ1) is 29.2. The van der Waals surface area contributed by atoms with E-state index in [-0.39, 0.29) is 48.5 Å². The van der Waals surface area contributed by atoms with Crippen molar-refractivity contribution >= 4 is 23.5 Å². The molecule has 1 N–H and O–H groups in total. The molecule has 2 aliphatic heterocycles. The highest BCUT2D eigenvalue weighted by molar-refractivity contribution is 5.97. The Labute approximate surface area is 255 Å². The van der Waals surface area contributed by atoms with Crippen LogP contribution in [0.15, 0.2) is 54.9 Å². The molecule has 0 radical (unpaired) electrons. The number of hydrogen-bond donors (Lipinski definition) is 1. The summed E-state index contributed by atoms with van der Waals surface area (Å²) in [5, 5.41) is 7.28. The Hall–Kier alpha value is -4.84. The van der Waals surface area contributed by atoms with Crippen molar-refractivity contribution < 1.29 is 23.9 Å². The second kappa shape index (κ2) is 12.0. The molecule has 0 aliphatic carbocycles. The largest absolute Gasteiger partial charge is 0.457 e. The molecule has 12 nitrogen and oxygen atoms in total. The average molecular weight is 598 g/mol. The molecule has 0 unspecified atom stereocenters. The van der Waals surface area contributed by atoms with Gasteiger partial charge in [-0.15, -0.1) is 0 Å². The van der Waals surface area contributed by atoms with E-state index >= 15 is 0 Å². The van der Waals surface area contributed by atoms with Gasteiger partial charge in [-0.25, -0.2) is 9.50 Å². The summed E-state index contributed by atoms with van der Waals surface area (Å²) >= 11 is 0. The number of benzene rings is 2. The maximum Gasteiger partial charge on any atom is 0.272 e. The van der Waals surface area contributed by atoms with Gasteiger partial charge in [0.1, 0.15) is 23.5 Å². The van der Waals surface area contributed by atoms with Gasteiger partial charge in [-0.2, -0.15) is 10.1 Å². The molecule has 228 valence electrons. The Morgan fingerprint density at radius 1 is 1.11 bits per heavy atom. The van der Waals surface area contributed by atoms with Crippen LogP contribution in [-0.2, 0) is 16.1 Å². The van der Waals surface area contributed by atoms with E-state index in [2.05, 4.69) is 20.4 Å². The molecule has 44 heavy (non-hydrogen) atoms. The topological polar surface area (TPSA) is 131 Å². The molecule has 4 aromatic rings. The maximum absolute atomic E-state index is 13.7. The molecule has 3 amide bonds. The van der Waals surface area contributed by atoms with Gasteiger partial charge in [0, 0.05) is 25.7 Å². The zero-order valence-electron chi connectivity index (χ0n) is 25.2. The fourth-order valence-corrected chi connectivity index (χ4v) is 5.60. The lowest BCUT2D eigenvalue weighted by Gasteiger charge is -2.39. The van der Waals surface area contributed by atoms with Gasteiger partial charge >= 0.3 is 0 Å². The summed E-state index contributed by atoms with van der Waals surface area (Å²) in [5.41, 5.74) is 3.29. The van der Waals surface area contributed by atoms with E-state index in [1.165, 1.54) is 11.2 Å². The second-order valence-corrected chi connectivity index (χ2v) is 11.6. The van der Waals surface area contributed by atoms with Crippen molar-refractivity contribution in [1.82, 2.24) is 34.7 Å². The second-order valence-electron chi connectivity index (χ2n) is 11.6. The number of likely N-dealkylation sites (tertiary alicyclic amines) is 1. The lowest BCUT2D eigenvalue weighted by Crippen LogP contribution is -2.58. The van der Waals surface area contributed by atoms with E-state index in [1.807, 2.05) is 51.1 Å². The highest BCUT2D eigenvalue weighted by Crippen LogP contribution is 2.28. The summed E-state index contributed by atoms with van der Waals surface area (Å²) in [4.78, 5) is 52.0. The third kappa shape index (κ3) is 5.98. The number of nitrogens with one attached hydrogen (secondary N) is 1. The number of aryl methyl sites for hydroxylation is 1. The van der Waals surface area contributed by atoms with Crippen LogP contribution in [0.4, 0.5) is 0 Å². The number of carbonyl (C=O) groups is 3. The van der Waals surface area contributed by atoms with Crippen molar-refractivity contribution in [2.75, 3.05) is 26.7 Å². The number of aromatic nitrogens is 4. The number of likely N-dealkylation sites (N-methyl/N-ethyl adjacent to an activating group) is 1. The zero-order chi connectivity index (χ0) is 31.0. The maximum atomic E-state index is 13.7. The standard InChI is InChI=1S/C32H35N7O5/c1-19(2)26-14-24(36-32-33-18-34-39(26)32)31(42)38-11-10-27-25(15-38)35-29(40)16-37(4)30(41)22-9-8-20(3)28(13-22)44-23-7-5-6-21(12-23)17-43-27/h5-9,12-14,18-19,25,27H,10-11,15-17H2,1-4H3,(H,35,40)/t25-,27+/m0/s1. The van der Waals surface area contributed by atoms with Crippen LogP contribution in [0, 0.1) is 6.92 Å². The van der Waals surface area contributed by atoms with Crippen molar-refractivity contribution in [3.05, 3.63) is 82.9 Å². The van der Waals surface area contributed by atoms with Crippen LogP contribution in [0.2, 0.25) is 0 Å². The number of rotatable bonds is 2. The molecular formula is C32H35N7O5. The number of piperidine rings is 1. The first-order valence-electron chi connectivity index (χ1n) is 14.7. The Morgan fingerprint density at radius 3 is 2.77 bits per heavy atom. The molecule has 2 aromatic heterocycles. The summed E-state index contributed by atoms with van der Waals surface area (Å²) < 4.78 is 14.2. The summed E-state index contributed by atoms with van der Waals surface area (Å²) in [6.45, 7) is 6.71. The molecule has 2 atom stereocenters. The van der Waals surface area contributed by atoms with E-state index in [0.717, 1.165) is 16.8 Å². The highest BCUT2D eigenvalue weighted by Gasteiger charge is 2.35. The van der Waals surface area contributed by atoms with Gasteiger partial charge in [0.2, 0.25) is 5.91 Å². The number of amides is 3. The monoisotopic (exact) mass is 597 g/mol. The molecule has 12 heteroatoms. The summed E-state index contributed by atoms with van der Waals surface area (Å²) in [5.74, 6) is 0.721. The highest BCUT2D eigenvalue weighted by atomic mass is 16.5. The van der Waals surface area contributed by atoms with Crippen LogP contribution < -0.4 is 10.1 Å². The van der Waals surface area contributed by atoms with Gasteiger partial charge in [-0.1, -0.05) is 32.0 Å². The lowest BCUT2D eigenvalue weighted by molar-refractivity contribution is -0.124. The van der Waals surface area contributed by atoms with Gasteiger partial charge in [-0.3, -0.25) is 14.4 Å². The fraction of sp³-hybridized carbons (Fsp3) is 0.375. The smallest absolute Gasteiger partial charge is 0.272 e. The Balaban J connectivity index is 1.27. The molecule has 1 fully saturated rings. The molecule has 0 spiro atoms. The van der Waals surface area contributed by atoms with Crippen LogP contribution in [-0.4, -0.2) is 85.9 Å². The lowest BCUT2D eigenvalue weighted by atomic mass is 10.0. The molecule has 2 aromatic carbocycles. The predicted octanol–water partition coefficient (Wildman–Crippen LogP) is 3.35. The summed E-state index contributed by atoms with van der Waals surface area (Å²) in [6, 6.07) is 14.1. The number of nitrogens with zero attached hydrogens (tertiary/aromatic N) is 6. The molecule has 6 rings (SSSR count). The minimum atomic E-state index is -0.511. The van der Waals surface area contributed by atoms with Gasteiger partial charge in [0.05, 0.1) is 31.0 Å². The quantitative estimate of drug-likeness (QED) is 0.372. The summed E-state index contributed by atoms with van der Waals surface area (Å²) in [7, 11) is 1.58. The fourth-order valence-electron chi connectivity index (χ4n) is 5.60. The predicted molar refractivity (Wildman–Crippen MR) is 161 cm³/mol. The van der Waals surface area contributed by atoms with E-state index in [9.17, 15) is 14.4 Å². The molecule has 4 bridgehead atoms. The van der Waals surface area contributed by atoms with Crippen molar-refractivity contribution in [2.24, 2.45) is 0 Å². The first-order chi connectivity index (χ1) is 21.2. The number of ether oxygens (including phenoxy) is 2. The third-order valence-corrected chi connectivity index (χ3v) is 8.03. The van der Waals surface area contributed by atoms with E-state index < -0.39 is 6.04 Å². The number of hydrogen-bond acceptors (Lipinski definition) is 8. The van der Waals surface area contributed by atoms with Crippen molar-refractivity contribution in [3.8, 4) is 11.5 Å². The molecule has 1 saturated heterocycles. The SMILES string of the molecule is Cc1ccc2cc1Oc1cccc(c1)CO[C@@H]1CCN(C(=O)c3cc(C(C)C)n4ncnc4n3)C[C@@H]1NC(=O)CN(C)C2=O. The first-order valence-corrected chi connectivity index (χ1v) is 14.7. The van der Waals surface area contributed by atoms with Crippen LogP contribution in [0.1, 0.15) is 63.9 Å². The van der Waals surface area contributed by atoms with Crippen molar-refractivity contribution in [2.45, 2.75) is 51.9 Å². The van der Waals surface area contributed by atoms with Crippen molar-refractivity contribution in [1.29, 1.82) is 0 Å². The molecule has 0 saturated carbocycles. The Kier molecular flexibility index (Phi) is 8.00. The molecule has 4 heterocycles. The van der Waals surface area contributed by atoms with Crippen LogP contribution >= 0.6 is 0 Å². The molecular weight excluding hydrogens is 562 g/mol. The summed E-state index contributed by atoms with van der Waals surface area (Å²) in [6.07, 6.45) is 1.55.